The molecule has 2 bridgehead atoms. The Balaban J connectivity index is 1.48. The van der Waals surface area contributed by atoms with Gasteiger partial charge in [-0.15, -0.1) is 0 Å². The van der Waals surface area contributed by atoms with Crippen LogP contribution in [0.3, 0.4) is 0 Å². The Hall–Kier alpha value is -1.36. The predicted molar refractivity (Wildman–Crippen MR) is 87.0 cm³/mol. The highest BCUT2D eigenvalue weighted by atomic mass is 35.5. The molecule has 0 spiro atoms. The molecule has 4 nitrogen and oxygen atoms in total. The summed E-state index contributed by atoms with van der Waals surface area (Å²) in [6.45, 7) is 0.772. The van der Waals surface area contributed by atoms with Crippen LogP contribution >= 0.6 is 11.6 Å². The van der Waals surface area contributed by atoms with E-state index in [0.29, 0.717) is 10.9 Å². The highest BCUT2D eigenvalue weighted by molar-refractivity contribution is 6.35. The fraction of sp³-hybridized carbons (Fsp3) is 0.471. The van der Waals surface area contributed by atoms with Crippen molar-refractivity contribution in [2.45, 2.75) is 25.0 Å². The third-order valence-electron chi connectivity index (χ3n) is 5.27. The summed E-state index contributed by atoms with van der Waals surface area (Å²) in [6, 6.07) is 9.72. The average Bonchev–Trinajstić information content (AvgIpc) is 3.06. The van der Waals surface area contributed by atoms with Crippen molar-refractivity contribution in [2.24, 2.45) is 17.8 Å². The van der Waals surface area contributed by atoms with E-state index in [9.17, 15) is 10.2 Å². The molecule has 4 rings (SSSR count). The highest BCUT2D eigenvalue weighted by Crippen LogP contribution is 2.48. The zero-order valence-electron chi connectivity index (χ0n) is 12.1. The Morgan fingerprint density at radius 2 is 2.00 bits per heavy atom. The second-order valence-corrected chi connectivity index (χ2v) is 6.93. The lowest BCUT2D eigenvalue weighted by atomic mass is 9.85. The van der Waals surface area contributed by atoms with E-state index < -0.39 is 12.2 Å². The molecule has 0 unspecified atom stereocenters. The monoisotopic (exact) mass is 318 g/mol. The lowest BCUT2D eigenvalue weighted by molar-refractivity contribution is -0.0317. The molecule has 2 saturated carbocycles. The van der Waals surface area contributed by atoms with Crippen LogP contribution in [0, 0.1) is 17.8 Å². The molecule has 2 aromatic rings. The van der Waals surface area contributed by atoms with Crippen LogP contribution < -0.4 is 5.32 Å². The van der Waals surface area contributed by atoms with Crippen LogP contribution in [-0.4, -0.2) is 33.9 Å². The summed E-state index contributed by atoms with van der Waals surface area (Å²) in [6.07, 6.45) is 0.819. The fourth-order valence-corrected chi connectivity index (χ4v) is 4.33. The number of nitrogens with one attached hydrogen (secondary N) is 1. The average molecular weight is 319 g/mol. The van der Waals surface area contributed by atoms with Gasteiger partial charge in [0.2, 0.25) is 0 Å². The highest BCUT2D eigenvalue weighted by Gasteiger charge is 2.51. The largest absolute Gasteiger partial charge is 0.390 e. The molecule has 5 heteroatoms. The number of aromatic nitrogens is 1. The van der Waals surface area contributed by atoms with Crippen LogP contribution in [0.1, 0.15) is 12.8 Å². The van der Waals surface area contributed by atoms with Gasteiger partial charge in [-0.2, -0.15) is 0 Å². The van der Waals surface area contributed by atoms with Crippen molar-refractivity contribution in [3.8, 4) is 0 Å². The number of nitrogens with zero attached hydrogens (tertiary/aromatic N) is 1. The van der Waals surface area contributed by atoms with Crippen LogP contribution in [0.4, 0.5) is 5.82 Å². The summed E-state index contributed by atoms with van der Waals surface area (Å²) in [5, 5.41) is 24.9. The standard InChI is InChI=1S/C17H19ClN2O2/c18-13-3-1-2-9-4-5-14(20-15(9)13)19-8-11-6-10-7-12(11)17(22)16(10)21/h1-5,10-12,16-17,21-22H,6-8H2,(H,19,20)/t10-,11-,12-,16+,17-/m1/s1. The van der Waals surface area contributed by atoms with Crippen molar-refractivity contribution >= 4 is 28.3 Å². The Kier molecular flexibility index (Phi) is 3.48. The van der Waals surface area contributed by atoms with Gasteiger partial charge in [0.1, 0.15) is 5.82 Å². The van der Waals surface area contributed by atoms with Crippen molar-refractivity contribution in [1.82, 2.24) is 4.98 Å². The molecular weight excluding hydrogens is 300 g/mol. The SMILES string of the molecule is O[C@H]1[C@@H]2C[C@H](CNc3ccc4cccc(Cl)c4n3)[C@@H](C2)[C@H]1O. The van der Waals surface area contributed by atoms with Gasteiger partial charge in [0.05, 0.1) is 22.7 Å². The van der Waals surface area contributed by atoms with Gasteiger partial charge >= 0.3 is 0 Å². The summed E-state index contributed by atoms with van der Waals surface area (Å²) >= 11 is 6.19. The molecule has 2 fully saturated rings. The number of rotatable bonds is 3. The Labute approximate surface area is 134 Å². The van der Waals surface area contributed by atoms with E-state index in [2.05, 4.69) is 10.3 Å². The molecule has 0 saturated heterocycles. The van der Waals surface area contributed by atoms with E-state index in [1.54, 1.807) is 0 Å². The minimum atomic E-state index is -0.565. The van der Waals surface area contributed by atoms with E-state index in [-0.39, 0.29) is 11.8 Å². The molecule has 1 aromatic carbocycles. The van der Waals surface area contributed by atoms with E-state index in [0.717, 1.165) is 36.1 Å². The molecule has 2 aliphatic rings. The molecular formula is C17H19ClN2O2. The first kappa shape index (κ1) is 14.2. The molecule has 5 atom stereocenters. The Morgan fingerprint density at radius 3 is 2.77 bits per heavy atom. The summed E-state index contributed by atoms with van der Waals surface area (Å²) < 4.78 is 0. The number of aliphatic hydroxyl groups excluding tert-OH is 2. The third kappa shape index (κ3) is 2.26. The van der Waals surface area contributed by atoms with Crippen molar-refractivity contribution in [1.29, 1.82) is 0 Å². The number of benzene rings is 1. The molecule has 1 heterocycles. The predicted octanol–water partition coefficient (Wildman–Crippen LogP) is 2.68. The Morgan fingerprint density at radius 1 is 1.14 bits per heavy atom. The summed E-state index contributed by atoms with van der Waals surface area (Å²) in [4.78, 5) is 4.58. The normalized spacial score (nSPS) is 33.5. The quantitative estimate of drug-likeness (QED) is 0.814. The van der Waals surface area contributed by atoms with E-state index in [1.807, 2.05) is 30.3 Å². The number of anilines is 1. The van der Waals surface area contributed by atoms with Gasteiger partial charge in [-0.05, 0) is 48.8 Å². The van der Waals surface area contributed by atoms with Gasteiger partial charge in [-0.1, -0.05) is 23.7 Å². The van der Waals surface area contributed by atoms with Gasteiger partial charge in [-0.25, -0.2) is 4.98 Å². The van der Waals surface area contributed by atoms with E-state index in [1.165, 1.54) is 0 Å². The number of fused-ring (bicyclic) bond motifs is 3. The molecule has 2 aliphatic carbocycles. The maximum Gasteiger partial charge on any atom is 0.126 e. The van der Waals surface area contributed by atoms with E-state index in [4.69, 9.17) is 11.6 Å². The van der Waals surface area contributed by atoms with E-state index >= 15 is 0 Å². The zero-order chi connectivity index (χ0) is 15.3. The minimum Gasteiger partial charge on any atom is -0.390 e. The van der Waals surface area contributed by atoms with Crippen LogP contribution in [0.15, 0.2) is 30.3 Å². The maximum absolute atomic E-state index is 10.0. The lowest BCUT2D eigenvalue weighted by Crippen LogP contribution is -2.38. The van der Waals surface area contributed by atoms with Gasteiger partial charge in [0.15, 0.2) is 0 Å². The van der Waals surface area contributed by atoms with Crippen molar-refractivity contribution in [3.63, 3.8) is 0 Å². The maximum atomic E-state index is 10.0. The van der Waals surface area contributed by atoms with Crippen LogP contribution in [-0.2, 0) is 0 Å². The summed E-state index contributed by atoms with van der Waals surface area (Å²) in [5.74, 6) is 1.66. The first-order chi connectivity index (χ1) is 10.6. The van der Waals surface area contributed by atoms with Gasteiger partial charge < -0.3 is 15.5 Å². The Bertz CT molecular complexity index is 706. The van der Waals surface area contributed by atoms with Gasteiger partial charge in [0.25, 0.3) is 0 Å². The molecule has 116 valence electrons. The fourth-order valence-electron chi connectivity index (χ4n) is 4.11. The molecule has 0 radical (unpaired) electrons. The van der Waals surface area contributed by atoms with Gasteiger partial charge in [0, 0.05) is 11.9 Å². The van der Waals surface area contributed by atoms with Crippen LogP contribution in [0.25, 0.3) is 10.9 Å². The number of aliphatic hydroxyl groups is 2. The van der Waals surface area contributed by atoms with Crippen molar-refractivity contribution in [2.75, 3.05) is 11.9 Å². The lowest BCUT2D eigenvalue weighted by Gasteiger charge is -2.29. The smallest absolute Gasteiger partial charge is 0.126 e. The van der Waals surface area contributed by atoms with Crippen molar-refractivity contribution in [3.05, 3.63) is 35.4 Å². The second-order valence-electron chi connectivity index (χ2n) is 6.53. The number of para-hydroxylation sites is 1. The first-order valence-electron chi connectivity index (χ1n) is 7.79. The molecule has 1 aromatic heterocycles. The molecule has 0 amide bonds. The summed E-state index contributed by atoms with van der Waals surface area (Å²) in [5.41, 5.74) is 0.803. The molecule has 22 heavy (non-hydrogen) atoms. The number of hydrogen-bond donors (Lipinski definition) is 3. The van der Waals surface area contributed by atoms with Crippen LogP contribution in [0.5, 0.6) is 0 Å². The zero-order valence-corrected chi connectivity index (χ0v) is 12.9. The second kappa shape index (κ2) is 5.37. The summed E-state index contributed by atoms with van der Waals surface area (Å²) in [7, 11) is 0. The minimum absolute atomic E-state index is 0.205. The first-order valence-corrected chi connectivity index (χ1v) is 8.16. The topological polar surface area (TPSA) is 65.4 Å². The van der Waals surface area contributed by atoms with Crippen LogP contribution in [0.2, 0.25) is 5.02 Å². The number of pyridine rings is 1. The molecule has 3 N–H and O–H groups in total. The third-order valence-corrected chi connectivity index (χ3v) is 5.58. The van der Waals surface area contributed by atoms with Gasteiger partial charge in [-0.3, -0.25) is 0 Å². The number of halogens is 1. The number of hydrogen-bond acceptors (Lipinski definition) is 4. The van der Waals surface area contributed by atoms with Crippen molar-refractivity contribution < 1.29 is 10.2 Å². The molecule has 0 aliphatic heterocycles.